The van der Waals surface area contributed by atoms with E-state index in [-0.39, 0.29) is 11.6 Å². The SMILES string of the molecule is CCc1ccc(NC(=O)c2cn[nH]n2)cc1C. The Kier molecular flexibility index (Phi) is 3.18. The fourth-order valence-electron chi connectivity index (χ4n) is 1.68. The third kappa shape index (κ3) is 2.50. The summed E-state index contributed by atoms with van der Waals surface area (Å²) in [6.07, 6.45) is 2.38. The lowest BCUT2D eigenvalue weighted by atomic mass is 10.1. The average molecular weight is 230 g/mol. The van der Waals surface area contributed by atoms with Crippen molar-refractivity contribution in [2.24, 2.45) is 0 Å². The van der Waals surface area contributed by atoms with Gasteiger partial charge < -0.3 is 5.32 Å². The Morgan fingerprint density at radius 1 is 1.47 bits per heavy atom. The van der Waals surface area contributed by atoms with Crippen molar-refractivity contribution in [3.63, 3.8) is 0 Å². The maximum absolute atomic E-state index is 11.7. The van der Waals surface area contributed by atoms with Crippen LogP contribution < -0.4 is 5.32 Å². The van der Waals surface area contributed by atoms with Crippen LogP contribution in [-0.2, 0) is 6.42 Å². The number of H-pyrrole nitrogens is 1. The van der Waals surface area contributed by atoms with E-state index in [9.17, 15) is 4.79 Å². The number of aromatic amines is 1. The van der Waals surface area contributed by atoms with Crippen LogP contribution in [0, 0.1) is 6.92 Å². The van der Waals surface area contributed by atoms with Gasteiger partial charge in [-0.05, 0) is 36.6 Å². The molecule has 5 heteroatoms. The number of carbonyl (C=O) groups is 1. The number of hydrogen-bond donors (Lipinski definition) is 2. The lowest BCUT2D eigenvalue weighted by molar-refractivity contribution is 0.102. The van der Waals surface area contributed by atoms with Crippen LogP contribution in [0.2, 0.25) is 0 Å². The molecule has 1 heterocycles. The molecule has 0 saturated carbocycles. The Morgan fingerprint density at radius 3 is 2.88 bits per heavy atom. The average Bonchev–Trinajstić information content (AvgIpc) is 2.82. The fraction of sp³-hybridized carbons (Fsp3) is 0.250. The first-order valence-corrected chi connectivity index (χ1v) is 5.47. The van der Waals surface area contributed by atoms with E-state index < -0.39 is 0 Å². The van der Waals surface area contributed by atoms with Crippen LogP contribution in [-0.4, -0.2) is 21.3 Å². The molecule has 0 aliphatic heterocycles. The van der Waals surface area contributed by atoms with Crippen LogP contribution in [0.3, 0.4) is 0 Å². The molecule has 88 valence electrons. The van der Waals surface area contributed by atoms with Gasteiger partial charge in [-0.15, -0.1) is 0 Å². The van der Waals surface area contributed by atoms with Gasteiger partial charge in [0.25, 0.3) is 5.91 Å². The van der Waals surface area contributed by atoms with Gasteiger partial charge in [-0.2, -0.15) is 15.4 Å². The summed E-state index contributed by atoms with van der Waals surface area (Å²) in [7, 11) is 0. The molecule has 1 aromatic carbocycles. The molecule has 0 bridgehead atoms. The number of carbonyl (C=O) groups excluding carboxylic acids is 1. The van der Waals surface area contributed by atoms with Gasteiger partial charge in [-0.25, -0.2) is 0 Å². The molecule has 17 heavy (non-hydrogen) atoms. The lowest BCUT2D eigenvalue weighted by Gasteiger charge is -2.07. The number of aryl methyl sites for hydroxylation is 2. The molecule has 0 atom stereocenters. The molecule has 0 saturated heterocycles. The number of anilines is 1. The van der Waals surface area contributed by atoms with E-state index in [1.165, 1.54) is 17.3 Å². The topological polar surface area (TPSA) is 70.7 Å². The van der Waals surface area contributed by atoms with Crippen LogP contribution in [0.25, 0.3) is 0 Å². The molecule has 0 aliphatic rings. The summed E-state index contributed by atoms with van der Waals surface area (Å²) in [5.41, 5.74) is 3.50. The molecule has 0 radical (unpaired) electrons. The van der Waals surface area contributed by atoms with Gasteiger partial charge in [0, 0.05) is 5.69 Å². The van der Waals surface area contributed by atoms with Gasteiger partial charge in [-0.3, -0.25) is 4.79 Å². The van der Waals surface area contributed by atoms with E-state index in [1.54, 1.807) is 0 Å². The molecule has 0 unspecified atom stereocenters. The number of hydrogen-bond acceptors (Lipinski definition) is 3. The minimum atomic E-state index is -0.262. The highest BCUT2D eigenvalue weighted by atomic mass is 16.2. The molecular weight excluding hydrogens is 216 g/mol. The molecule has 1 aromatic heterocycles. The van der Waals surface area contributed by atoms with E-state index in [4.69, 9.17) is 0 Å². The highest BCUT2D eigenvalue weighted by Crippen LogP contribution is 2.16. The monoisotopic (exact) mass is 230 g/mol. The lowest BCUT2D eigenvalue weighted by Crippen LogP contribution is -2.12. The summed E-state index contributed by atoms with van der Waals surface area (Å²) < 4.78 is 0. The van der Waals surface area contributed by atoms with Crippen molar-refractivity contribution in [1.82, 2.24) is 15.4 Å². The highest BCUT2D eigenvalue weighted by molar-refractivity contribution is 6.02. The van der Waals surface area contributed by atoms with Crippen molar-refractivity contribution in [3.8, 4) is 0 Å². The summed E-state index contributed by atoms with van der Waals surface area (Å²) in [4.78, 5) is 11.7. The Hall–Kier alpha value is -2.17. The maximum Gasteiger partial charge on any atom is 0.277 e. The van der Waals surface area contributed by atoms with Crippen LogP contribution in [0.1, 0.15) is 28.5 Å². The molecule has 0 aliphatic carbocycles. The fourth-order valence-corrected chi connectivity index (χ4v) is 1.68. The largest absolute Gasteiger partial charge is 0.321 e. The van der Waals surface area contributed by atoms with Gasteiger partial charge in [-0.1, -0.05) is 13.0 Å². The normalized spacial score (nSPS) is 10.2. The van der Waals surface area contributed by atoms with E-state index >= 15 is 0 Å². The summed E-state index contributed by atoms with van der Waals surface area (Å²) in [6.45, 7) is 4.14. The first-order valence-electron chi connectivity index (χ1n) is 5.47. The predicted octanol–water partition coefficient (Wildman–Crippen LogP) is 1.93. The number of rotatable bonds is 3. The second-order valence-corrected chi connectivity index (χ2v) is 3.80. The molecule has 1 amide bonds. The predicted molar refractivity (Wildman–Crippen MR) is 64.9 cm³/mol. The minimum Gasteiger partial charge on any atom is -0.321 e. The van der Waals surface area contributed by atoms with Crippen LogP contribution in [0.4, 0.5) is 5.69 Å². The molecule has 0 spiro atoms. The van der Waals surface area contributed by atoms with Crippen molar-refractivity contribution in [2.45, 2.75) is 20.3 Å². The van der Waals surface area contributed by atoms with Crippen molar-refractivity contribution in [2.75, 3.05) is 5.32 Å². The molecule has 0 fully saturated rings. The summed E-state index contributed by atoms with van der Waals surface area (Å²) in [5, 5.41) is 12.5. The molecular formula is C12H14N4O. The summed E-state index contributed by atoms with van der Waals surface area (Å²) in [6, 6.07) is 5.87. The van der Waals surface area contributed by atoms with Gasteiger partial charge in [0.15, 0.2) is 5.69 Å². The number of nitrogens with one attached hydrogen (secondary N) is 2. The smallest absolute Gasteiger partial charge is 0.277 e. The summed E-state index contributed by atoms with van der Waals surface area (Å²) >= 11 is 0. The van der Waals surface area contributed by atoms with E-state index in [1.807, 2.05) is 25.1 Å². The van der Waals surface area contributed by atoms with Crippen molar-refractivity contribution in [3.05, 3.63) is 41.2 Å². The number of aromatic nitrogens is 3. The summed E-state index contributed by atoms with van der Waals surface area (Å²) in [5.74, 6) is -0.262. The Labute approximate surface area is 99.2 Å². The first kappa shape index (κ1) is 11.3. The zero-order valence-corrected chi connectivity index (χ0v) is 9.82. The van der Waals surface area contributed by atoms with Crippen LogP contribution in [0.15, 0.2) is 24.4 Å². The molecule has 2 N–H and O–H groups in total. The van der Waals surface area contributed by atoms with Crippen molar-refractivity contribution < 1.29 is 4.79 Å². The highest BCUT2D eigenvalue weighted by Gasteiger charge is 2.09. The van der Waals surface area contributed by atoms with Crippen LogP contribution in [0.5, 0.6) is 0 Å². The van der Waals surface area contributed by atoms with Crippen molar-refractivity contribution >= 4 is 11.6 Å². The number of nitrogens with zero attached hydrogens (tertiary/aromatic N) is 2. The van der Waals surface area contributed by atoms with Gasteiger partial charge in [0.2, 0.25) is 0 Å². The molecule has 2 aromatic rings. The minimum absolute atomic E-state index is 0.262. The second kappa shape index (κ2) is 4.78. The maximum atomic E-state index is 11.7. The molecule has 5 nitrogen and oxygen atoms in total. The third-order valence-electron chi connectivity index (χ3n) is 2.63. The zero-order chi connectivity index (χ0) is 12.3. The quantitative estimate of drug-likeness (QED) is 0.846. The number of amides is 1. The number of benzene rings is 1. The standard InChI is InChI=1S/C12H14N4O/c1-3-9-4-5-10(6-8(9)2)14-12(17)11-7-13-16-15-11/h4-7H,3H2,1-2H3,(H,14,17)(H,13,15,16). The Balaban J connectivity index is 2.14. The second-order valence-electron chi connectivity index (χ2n) is 3.80. The van der Waals surface area contributed by atoms with Gasteiger partial charge >= 0.3 is 0 Å². The van der Waals surface area contributed by atoms with Gasteiger partial charge in [0.05, 0.1) is 6.20 Å². The third-order valence-corrected chi connectivity index (χ3v) is 2.63. The van der Waals surface area contributed by atoms with E-state index in [2.05, 4.69) is 27.7 Å². The Bertz CT molecular complexity index is 519. The van der Waals surface area contributed by atoms with Crippen LogP contribution >= 0.6 is 0 Å². The van der Waals surface area contributed by atoms with Crippen molar-refractivity contribution in [1.29, 1.82) is 0 Å². The van der Waals surface area contributed by atoms with E-state index in [0.717, 1.165) is 12.1 Å². The zero-order valence-electron chi connectivity index (χ0n) is 9.82. The Morgan fingerprint density at radius 2 is 2.29 bits per heavy atom. The van der Waals surface area contributed by atoms with Gasteiger partial charge in [0.1, 0.15) is 0 Å². The first-order chi connectivity index (χ1) is 8.20. The molecule has 2 rings (SSSR count). The van der Waals surface area contributed by atoms with E-state index in [0.29, 0.717) is 0 Å².